The zero-order valence-electron chi connectivity index (χ0n) is 9.78. The second-order valence-corrected chi connectivity index (χ2v) is 4.81. The van der Waals surface area contributed by atoms with E-state index in [2.05, 4.69) is 48.4 Å². The molecule has 0 atom stereocenters. The minimum absolute atomic E-state index is 0.0695. The summed E-state index contributed by atoms with van der Waals surface area (Å²) in [7, 11) is 0. The lowest BCUT2D eigenvalue weighted by Gasteiger charge is -2.21. The SMILES string of the molecule is CCc1cn(C(C)(C)C)c2ncncc12. The first kappa shape index (κ1) is 10.1. The zero-order valence-corrected chi connectivity index (χ0v) is 9.78. The van der Waals surface area contributed by atoms with Crippen LogP contribution in [-0.2, 0) is 12.0 Å². The standard InChI is InChI=1S/C12H17N3/c1-5-9-7-15(12(2,3)4)11-10(9)6-13-8-14-11/h6-8H,5H2,1-4H3. The van der Waals surface area contributed by atoms with Crippen LogP contribution in [0.3, 0.4) is 0 Å². The summed E-state index contributed by atoms with van der Waals surface area (Å²) < 4.78 is 2.23. The van der Waals surface area contributed by atoms with E-state index in [0.717, 1.165) is 12.1 Å². The molecule has 0 fully saturated rings. The van der Waals surface area contributed by atoms with Crippen molar-refractivity contribution in [3.05, 3.63) is 24.3 Å². The van der Waals surface area contributed by atoms with Gasteiger partial charge in [-0.05, 0) is 32.8 Å². The average molecular weight is 203 g/mol. The van der Waals surface area contributed by atoms with Crippen molar-refractivity contribution in [1.82, 2.24) is 14.5 Å². The van der Waals surface area contributed by atoms with Gasteiger partial charge in [0, 0.05) is 23.3 Å². The molecule has 0 spiro atoms. The quantitative estimate of drug-likeness (QED) is 0.713. The fourth-order valence-corrected chi connectivity index (χ4v) is 1.82. The third kappa shape index (κ3) is 1.62. The van der Waals surface area contributed by atoms with Crippen LogP contribution in [0.4, 0.5) is 0 Å². The van der Waals surface area contributed by atoms with Crippen LogP contribution in [-0.4, -0.2) is 14.5 Å². The number of hydrogen-bond acceptors (Lipinski definition) is 2. The molecule has 0 saturated carbocycles. The normalized spacial score (nSPS) is 12.3. The van der Waals surface area contributed by atoms with Gasteiger partial charge in [-0.15, -0.1) is 0 Å². The van der Waals surface area contributed by atoms with E-state index in [0.29, 0.717) is 0 Å². The highest BCUT2D eigenvalue weighted by Gasteiger charge is 2.18. The molecule has 0 saturated heterocycles. The minimum atomic E-state index is 0.0695. The maximum absolute atomic E-state index is 4.37. The third-order valence-electron chi connectivity index (χ3n) is 2.65. The molecule has 80 valence electrons. The molecule has 0 aliphatic carbocycles. The fraction of sp³-hybridized carbons (Fsp3) is 0.500. The molecule has 0 aromatic carbocycles. The Morgan fingerprint density at radius 3 is 2.67 bits per heavy atom. The fourth-order valence-electron chi connectivity index (χ4n) is 1.82. The summed E-state index contributed by atoms with van der Waals surface area (Å²) in [6.45, 7) is 8.73. The van der Waals surface area contributed by atoms with E-state index < -0.39 is 0 Å². The Kier molecular flexibility index (Phi) is 2.25. The molecule has 2 rings (SSSR count). The van der Waals surface area contributed by atoms with Crippen molar-refractivity contribution >= 4 is 11.0 Å². The Morgan fingerprint density at radius 1 is 1.33 bits per heavy atom. The number of rotatable bonds is 1. The summed E-state index contributed by atoms with van der Waals surface area (Å²) in [5.74, 6) is 0. The summed E-state index contributed by atoms with van der Waals surface area (Å²) in [5, 5.41) is 1.18. The van der Waals surface area contributed by atoms with E-state index in [-0.39, 0.29) is 5.54 Å². The van der Waals surface area contributed by atoms with Gasteiger partial charge in [0.1, 0.15) is 12.0 Å². The van der Waals surface area contributed by atoms with Crippen LogP contribution in [0.2, 0.25) is 0 Å². The van der Waals surface area contributed by atoms with Crippen molar-refractivity contribution < 1.29 is 0 Å². The maximum Gasteiger partial charge on any atom is 0.144 e. The van der Waals surface area contributed by atoms with Gasteiger partial charge in [-0.3, -0.25) is 0 Å². The topological polar surface area (TPSA) is 30.7 Å². The zero-order chi connectivity index (χ0) is 11.1. The molecule has 2 aromatic heterocycles. The van der Waals surface area contributed by atoms with Crippen LogP contribution < -0.4 is 0 Å². The van der Waals surface area contributed by atoms with E-state index in [1.54, 1.807) is 6.33 Å². The van der Waals surface area contributed by atoms with Crippen molar-refractivity contribution in [2.45, 2.75) is 39.7 Å². The molecule has 15 heavy (non-hydrogen) atoms. The Bertz CT molecular complexity index is 477. The van der Waals surface area contributed by atoms with Crippen LogP contribution in [0.5, 0.6) is 0 Å². The van der Waals surface area contributed by atoms with Gasteiger partial charge in [-0.2, -0.15) is 0 Å². The van der Waals surface area contributed by atoms with Crippen LogP contribution in [0, 0.1) is 0 Å². The van der Waals surface area contributed by atoms with Crippen molar-refractivity contribution in [3.8, 4) is 0 Å². The first-order valence-corrected chi connectivity index (χ1v) is 5.34. The number of fused-ring (bicyclic) bond motifs is 1. The minimum Gasteiger partial charge on any atom is -0.327 e. The first-order chi connectivity index (χ1) is 7.04. The lowest BCUT2D eigenvalue weighted by atomic mass is 10.1. The molecule has 0 aliphatic rings. The first-order valence-electron chi connectivity index (χ1n) is 5.34. The average Bonchev–Trinajstić information content (AvgIpc) is 2.55. The summed E-state index contributed by atoms with van der Waals surface area (Å²) in [6, 6.07) is 0. The highest BCUT2D eigenvalue weighted by Crippen LogP contribution is 2.25. The van der Waals surface area contributed by atoms with Gasteiger partial charge in [0.05, 0.1) is 0 Å². The van der Waals surface area contributed by atoms with Crippen LogP contribution in [0.1, 0.15) is 33.3 Å². The predicted octanol–water partition coefficient (Wildman–Crippen LogP) is 2.75. The van der Waals surface area contributed by atoms with E-state index >= 15 is 0 Å². The third-order valence-corrected chi connectivity index (χ3v) is 2.65. The Hall–Kier alpha value is -1.38. The molecular weight excluding hydrogens is 186 g/mol. The largest absolute Gasteiger partial charge is 0.327 e. The van der Waals surface area contributed by atoms with Crippen LogP contribution >= 0.6 is 0 Å². The lowest BCUT2D eigenvalue weighted by Crippen LogP contribution is -2.20. The van der Waals surface area contributed by atoms with Crippen molar-refractivity contribution in [1.29, 1.82) is 0 Å². The summed E-state index contributed by atoms with van der Waals surface area (Å²) >= 11 is 0. The van der Waals surface area contributed by atoms with Gasteiger partial charge >= 0.3 is 0 Å². The van der Waals surface area contributed by atoms with Gasteiger partial charge in [-0.25, -0.2) is 9.97 Å². The smallest absolute Gasteiger partial charge is 0.144 e. The molecule has 0 amide bonds. The number of aromatic nitrogens is 3. The van der Waals surface area contributed by atoms with Crippen molar-refractivity contribution in [3.63, 3.8) is 0 Å². The number of hydrogen-bond donors (Lipinski definition) is 0. The molecule has 2 aromatic rings. The van der Waals surface area contributed by atoms with E-state index in [4.69, 9.17) is 0 Å². The van der Waals surface area contributed by atoms with E-state index in [1.807, 2.05) is 6.20 Å². The predicted molar refractivity (Wildman–Crippen MR) is 61.9 cm³/mol. The molecule has 3 heteroatoms. The molecule has 3 nitrogen and oxygen atoms in total. The highest BCUT2D eigenvalue weighted by atomic mass is 15.1. The number of nitrogens with zero attached hydrogens (tertiary/aromatic N) is 3. The van der Waals surface area contributed by atoms with Gasteiger partial charge in [0.25, 0.3) is 0 Å². The second-order valence-electron chi connectivity index (χ2n) is 4.81. The Morgan fingerprint density at radius 2 is 2.07 bits per heavy atom. The van der Waals surface area contributed by atoms with Gasteiger partial charge in [0.15, 0.2) is 0 Å². The molecular formula is C12H17N3. The molecule has 0 N–H and O–H groups in total. The Labute approximate surface area is 90.2 Å². The van der Waals surface area contributed by atoms with Gasteiger partial charge < -0.3 is 4.57 Å². The summed E-state index contributed by atoms with van der Waals surface area (Å²) in [6.07, 6.45) is 6.74. The van der Waals surface area contributed by atoms with Crippen molar-refractivity contribution in [2.24, 2.45) is 0 Å². The molecule has 2 heterocycles. The van der Waals surface area contributed by atoms with Crippen LogP contribution in [0.25, 0.3) is 11.0 Å². The van der Waals surface area contributed by atoms with E-state index in [1.165, 1.54) is 10.9 Å². The number of aryl methyl sites for hydroxylation is 1. The highest BCUT2D eigenvalue weighted by molar-refractivity contribution is 5.79. The van der Waals surface area contributed by atoms with Crippen molar-refractivity contribution in [2.75, 3.05) is 0 Å². The summed E-state index contributed by atoms with van der Waals surface area (Å²) in [5.41, 5.74) is 2.43. The molecule has 0 aliphatic heterocycles. The van der Waals surface area contributed by atoms with Gasteiger partial charge in [-0.1, -0.05) is 6.92 Å². The summed E-state index contributed by atoms with van der Waals surface area (Å²) in [4.78, 5) is 8.46. The van der Waals surface area contributed by atoms with E-state index in [9.17, 15) is 0 Å². The lowest BCUT2D eigenvalue weighted by molar-refractivity contribution is 0.408. The molecule has 0 unspecified atom stereocenters. The van der Waals surface area contributed by atoms with Crippen LogP contribution in [0.15, 0.2) is 18.7 Å². The maximum atomic E-state index is 4.37. The monoisotopic (exact) mass is 203 g/mol. The Balaban J connectivity index is 2.76. The van der Waals surface area contributed by atoms with Gasteiger partial charge in [0.2, 0.25) is 0 Å². The molecule has 0 radical (unpaired) electrons. The molecule has 0 bridgehead atoms. The second kappa shape index (κ2) is 3.33.